The minimum Gasteiger partial charge on any atom is -0.479 e. The first kappa shape index (κ1) is 34.3. The van der Waals surface area contributed by atoms with Gasteiger partial charge in [-0.3, -0.25) is 0 Å². The Morgan fingerprint density at radius 2 is 0.943 bits per heavy atom. The van der Waals surface area contributed by atoms with Gasteiger partial charge in [-0.25, -0.2) is 4.79 Å². The molecule has 0 radical (unpaired) electrons. The van der Waals surface area contributed by atoms with E-state index < -0.39 is 35.0 Å². The number of carbonyl (C=O) groups is 1. The number of aliphatic hydroxyl groups excluding tert-OH is 2. The standard InChI is InChI=1S/C28H56O7/c1-5-7-9-11-13-15-17-19-21-27(34,24(30)23(29)26(3,4)33)28(35,25(31)32)22-20-18-16-14-12-10-8-6-2/h23-24,29-30,33-35H,5-22H2,1-4H3,(H,31,32)/t23-,24+,27-,28-/m0/s1. The van der Waals surface area contributed by atoms with Gasteiger partial charge in [0.15, 0.2) is 5.60 Å². The quantitative estimate of drug-likeness (QED) is 0.107. The predicted molar refractivity (Wildman–Crippen MR) is 140 cm³/mol. The molecule has 0 fully saturated rings. The van der Waals surface area contributed by atoms with E-state index in [1.165, 1.54) is 52.4 Å². The molecule has 0 aliphatic carbocycles. The van der Waals surface area contributed by atoms with E-state index in [0.717, 1.165) is 38.5 Å². The second kappa shape index (κ2) is 17.7. The van der Waals surface area contributed by atoms with E-state index in [1.807, 2.05) is 0 Å². The van der Waals surface area contributed by atoms with Crippen LogP contribution in [0.2, 0.25) is 0 Å². The van der Waals surface area contributed by atoms with Gasteiger partial charge in [0.25, 0.3) is 0 Å². The van der Waals surface area contributed by atoms with Crippen LogP contribution in [0.3, 0.4) is 0 Å². The summed E-state index contributed by atoms with van der Waals surface area (Å²) in [5.41, 5.74) is -6.92. The molecule has 7 heteroatoms. The fraction of sp³-hybridized carbons (Fsp3) is 0.964. The van der Waals surface area contributed by atoms with Crippen LogP contribution in [0.5, 0.6) is 0 Å². The molecule has 4 atom stereocenters. The van der Waals surface area contributed by atoms with Gasteiger partial charge in [-0.1, -0.05) is 110 Å². The smallest absolute Gasteiger partial charge is 0.338 e. The molecule has 0 unspecified atom stereocenters. The Morgan fingerprint density at radius 3 is 1.29 bits per heavy atom. The van der Waals surface area contributed by atoms with Crippen molar-refractivity contribution in [1.82, 2.24) is 0 Å². The summed E-state index contributed by atoms with van der Waals surface area (Å²) in [7, 11) is 0. The predicted octanol–water partition coefficient (Wildman–Crippen LogP) is 5.09. The first-order valence-electron chi connectivity index (χ1n) is 14.1. The molecule has 0 aliphatic rings. The molecule has 0 heterocycles. The Labute approximate surface area is 214 Å². The van der Waals surface area contributed by atoms with E-state index in [-0.39, 0.29) is 12.8 Å². The molecule has 6 N–H and O–H groups in total. The molecule has 0 saturated heterocycles. The van der Waals surface area contributed by atoms with Gasteiger partial charge in [0.05, 0.1) is 5.60 Å². The van der Waals surface area contributed by atoms with Gasteiger partial charge in [-0.15, -0.1) is 0 Å². The van der Waals surface area contributed by atoms with Crippen molar-refractivity contribution in [1.29, 1.82) is 0 Å². The SMILES string of the molecule is CCCCCCCCCC[C@](O)(C(=O)O)[C@](O)(CCCCCCCCCC)[C@H](O)[C@H](O)C(C)(C)O. The Kier molecular flexibility index (Phi) is 17.3. The summed E-state index contributed by atoms with van der Waals surface area (Å²) in [5.74, 6) is -1.62. The topological polar surface area (TPSA) is 138 Å². The van der Waals surface area contributed by atoms with Crippen LogP contribution in [0.4, 0.5) is 0 Å². The molecule has 35 heavy (non-hydrogen) atoms. The molecule has 0 bridgehead atoms. The highest BCUT2D eigenvalue weighted by molar-refractivity contribution is 5.79. The van der Waals surface area contributed by atoms with Gasteiger partial charge in [-0.2, -0.15) is 0 Å². The minimum atomic E-state index is -2.64. The summed E-state index contributed by atoms with van der Waals surface area (Å²) in [5, 5.41) is 64.4. The third-order valence-corrected chi connectivity index (χ3v) is 7.39. The van der Waals surface area contributed by atoms with Crippen LogP contribution in [0, 0.1) is 0 Å². The lowest BCUT2D eigenvalue weighted by Crippen LogP contribution is -2.69. The van der Waals surface area contributed by atoms with Gasteiger partial charge in [0, 0.05) is 0 Å². The average molecular weight is 505 g/mol. The maximum atomic E-state index is 12.3. The summed E-state index contributed by atoms with van der Waals surface area (Å²) in [4.78, 5) is 12.3. The van der Waals surface area contributed by atoms with E-state index in [4.69, 9.17) is 0 Å². The van der Waals surface area contributed by atoms with Crippen LogP contribution in [0.1, 0.15) is 143 Å². The molecular weight excluding hydrogens is 448 g/mol. The first-order valence-corrected chi connectivity index (χ1v) is 14.1. The Balaban J connectivity index is 5.27. The zero-order valence-corrected chi connectivity index (χ0v) is 23.0. The van der Waals surface area contributed by atoms with Crippen molar-refractivity contribution in [2.24, 2.45) is 0 Å². The van der Waals surface area contributed by atoms with Crippen molar-refractivity contribution >= 4 is 5.97 Å². The maximum absolute atomic E-state index is 12.3. The van der Waals surface area contributed by atoms with Crippen LogP contribution in [-0.4, -0.2) is 65.6 Å². The highest BCUT2D eigenvalue weighted by Gasteiger charge is 2.60. The van der Waals surface area contributed by atoms with Crippen LogP contribution in [-0.2, 0) is 4.79 Å². The minimum absolute atomic E-state index is 0.184. The molecule has 0 spiro atoms. The zero-order valence-electron chi connectivity index (χ0n) is 23.0. The second-order valence-electron chi connectivity index (χ2n) is 11.1. The average Bonchev–Trinajstić information content (AvgIpc) is 2.80. The van der Waals surface area contributed by atoms with E-state index >= 15 is 0 Å². The molecule has 0 aromatic rings. The number of hydrogen-bond acceptors (Lipinski definition) is 6. The van der Waals surface area contributed by atoms with Crippen molar-refractivity contribution in [3.05, 3.63) is 0 Å². The molecule has 210 valence electrons. The number of carboxylic acid groups (broad SMARTS) is 1. The lowest BCUT2D eigenvalue weighted by molar-refractivity contribution is -0.250. The van der Waals surface area contributed by atoms with Crippen molar-refractivity contribution in [3.63, 3.8) is 0 Å². The highest BCUT2D eigenvalue weighted by atomic mass is 16.4. The van der Waals surface area contributed by atoms with E-state index in [0.29, 0.717) is 25.7 Å². The Morgan fingerprint density at radius 1 is 0.600 bits per heavy atom. The number of carboxylic acids is 1. The molecule has 7 nitrogen and oxygen atoms in total. The normalized spacial score (nSPS) is 17.5. The molecule has 0 amide bonds. The van der Waals surface area contributed by atoms with Crippen LogP contribution in [0.25, 0.3) is 0 Å². The summed E-state index contributed by atoms with van der Waals surface area (Å²) in [6.07, 6.45) is 11.1. The third kappa shape index (κ3) is 11.9. The number of rotatable bonds is 23. The summed E-state index contributed by atoms with van der Waals surface area (Å²) >= 11 is 0. The maximum Gasteiger partial charge on any atom is 0.338 e. The number of unbranched alkanes of at least 4 members (excludes halogenated alkanes) is 14. The summed E-state index contributed by atoms with van der Waals surface area (Å²) in [6.45, 7) is 6.86. The lowest BCUT2D eigenvalue weighted by atomic mass is 9.69. The molecule has 0 aliphatic heterocycles. The van der Waals surface area contributed by atoms with Gasteiger partial charge < -0.3 is 30.6 Å². The van der Waals surface area contributed by atoms with Crippen molar-refractivity contribution in [3.8, 4) is 0 Å². The zero-order chi connectivity index (χ0) is 27.0. The molecular formula is C28H56O7. The fourth-order valence-electron chi connectivity index (χ4n) is 4.80. The van der Waals surface area contributed by atoms with Gasteiger partial charge in [-0.05, 0) is 33.1 Å². The van der Waals surface area contributed by atoms with Gasteiger partial charge in [0.2, 0.25) is 0 Å². The fourth-order valence-corrected chi connectivity index (χ4v) is 4.80. The van der Waals surface area contributed by atoms with Crippen LogP contribution in [0.15, 0.2) is 0 Å². The summed E-state index contributed by atoms with van der Waals surface area (Å²) < 4.78 is 0. The van der Waals surface area contributed by atoms with Crippen LogP contribution >= 0.6 is 0 Å². The lowest BCUT2D eigenvalue weighted by Gasteiger charge is -2.47. The highest BCUT2D eigenvalue weighted by Crippen LogP contribution is 2.39. The summed E-state index contributed by atoms with van der Waals surface area (Å²) in [6, 6.07) is 0. The van der Waals surface area contributed by atoms with Gasteiger partial charge in [0.1, 0.15) is 17.8 Å². The first-order chi connectivity index (χ1) is 16.4. The molecule has 0 aromatic carbocycles. The number of aliphatic carboxylic acids is 1. The van der Waals surface area contributed by atoms with E-state index in [2.05, 4.69) is 13.8 Å². The van der Waals surface area contributed by atoms with Crippen molar-refractivity contribution in [2.45, 2.75) is 172 Å². The molecule has 0 aromatic heterocycles. The number of aliphatic hydroxyl groups is 5. The Bertz CT molecular complexity index is 548. The third-order valence-electron chi connectivity index (χ3n) is 7.39. The van der Waals surface area contributed by atoms with Crippen LogP contribution < -0.4 is 0 Å². The van der Waals surface area contributed by atoms with Crippen molar-refractivity contribution < 1.29 is 35.4 Å². The monoisotopic (exact) mass is 504 g/mol. The Hall–Kier alpha value is -0.730. The molecule has 0 saturated carbocycles. The second-order valence-corrected chi connectivity index (χ2v) is 11.1. The van der Waals surface area contributed by atoms with E-state index in [1.54, 1.807) is 0 Å². The number of hydrogen-bond donors (Lipinski definition) is 6. The van der Waals surface area contributed by atoms with Gasteiger partial charge >= 0.3 is 5.97 Å². The molecule has 0 rings (SSSR count). The largest absolute Gasteiger partial charge is 0.479 e. The van der Waals surface area contributed by atoms with Crippen molar-refractivity contribution in [2.75, 3.05) is 0 Å². The van der Waals surface area contributed by atoms with E-state index in [9.17, 15) is 35.4 Å².